The second-order valence-corrected chi connectivity index (χ2v) is 6.48. The molecule has 1 aliphatic rings. The van der Waals surface area contributed by atoms with Crippen LogP contribution >= 0.6 is 22.6 Å². The van der Waals surface area contributed by atoms with Crippen molar-refractivity contribution in [2.75, 3.05) is 23.4 Å². The van der Waals surface area contributed by atoms with E-state index < -0.39 is 16.7 Å². The first-order valence-corrected chi connectivity index (χ1v) is 8.29. The van der Waals surface area contributed by atoms with Crippen molar-refractivity contribution in [3.8, 4) is 5.75 Å². The van der Waals surface area contributed by atoms with E-state index in [4.69, 9.17) is 4.74 Å². The summed E-state index contributed by atoms with van der Waals surface area (Å²) in [5.41, 5.74) is 0.639. The van der Waals surface area contributed by atoms with Gasteiger partial charge in [-0.1, -0.05) is 6.07 Å². The highest BCUT2D eigenvalue weighted by atomic mass is 127. The van der Waals surface area contributed by atoms with Crippen molar-refractivity contribution in [1.82, 2.24) is 0 Å². The number of halogens is 1. The normalized spacial score (nSPS) is 13.0. The van der Waals surface area contributed by atoms with E-state index in [2.05, 4.69) is 27.9 Å². The van der Waals surface area contributed by atoms with Crippen LogP contribution in [0.3, 0.4) is 0 Å². The van der Waals surface area contributed by atoms with Crippen LogP contribution in [0.25, 0.3) is 0 Å². The molecule has 0 atom stereocenters. The number of hydrogen-bond donors (Lipinski definition) is 1. The van der Waals surface area contributed by atoms with E-state index in [1.807, 2.05) is 6.07 Å². The van der Waals surface area contributed by atoms with Crippen LogP contribution in [-0.2, 0) is 9.59 Å². The number of nitrogens with zero attached hydrogens (tertiary/aromatic N) is 2. The zero-order valence-electron chi connectivity index (χ0n) is 12.8. The minimum Gasteiger partial charge on any atom is -0.482 e. The molecule has 0 saturated heterocycles. The van der Waals surface area contributed by atoms with Crippen LogP contribution in [0.15, 0.2) is 42.5 Å². The first-order chi connectivity index (χ1) is 11.9. The number of non-ortho nitro benzene ring substituents is 1. The number of nitro groups is 1. The fraction of sp³-hybridized carbons (Fsp3) is 0.125. The Hall–Kier alpha value is -2.69. The van der Waals surface area contributed by atoms with Crippen molar-refractivity contribution in [1.29, 1.82) is 0 Å². The van der Waals surface area contributed by atoms with Gasteiger partial charge in [0.15, 0.2) is 6.61 Å². The summed E-state index contributed by atoms with van der Waals surface area (Å²) >= 11 is 2.12. The minimum atomic E-state index is -0.566. The number of rotatable bonds is 4. The zero-order chi connectivity index (χ0) is 18.0. The molecular weight excluding hydrogens is 441 g/mol. The van der Waals surface area contributed by atoms with Crippen molar-refractivity contribution in [3.05, 3.63) is 56.1 Å². The summed E-state index contributed by atoms with van der Waals surface area (Å²) in [7, 11) is 0. The van der Waals surface area contributed by atoms with Crippen LogP contribution in [0.4, 0.5) is 17.1 Å². The number of hydrogen-bond acceptors (Lipinski definition) is 5. The molecule has 25 heavy (non-hydrogen) atoms. The van der Waals surface area contributed by atoms with E-state index in [0.717, 1.165) is 3.57 Å². The molecule has 1 aliphatic heterocycles. The summed E-state index contributed by atoms with van der Waals surface area (Å²) in [5, 5.41) is 13.7. The molecule has 0 saturated carbocycles. The zero-order valence-corrected chi connectivity index (χ0v) is 14.9. The molecule has 8 nitrogen and oxygen atoms in total. The molecule has 2 aromatic rings. The van der Waals surface area contributed by atoms with Gasteiger partial charge in [0.2, 0.25) is 5.91 Å². The van der Waals surface area contributed by atoms with Crippen molar-refractivity contribution in [2.24, 2.45) is 0 Å². The van der Waals surface area contributed by atoms with E-state index in [1.54, 1.807) is 18.2 Å². The highest BCUT2D eigenvalue weighted by Gasteiger charge is 2.29. The number of amides is 2. The fourth-order valence-corrected chi connectivity index (χ4v) is 2.93. The molecule has 3 rings (SSSR count). The smallest absolute Gasteiger partial charge is 0.271 e. The standard InChI is InChI=1S/C16H12IN3O5/c17-10-2-1-3-11(6-10)18-15(21)8-19-13-7-12(20(23)24)4-5-14(13)25-9-16(19)22/h1-7H,8-9H2,(H,18,21). The predicted molar refractivity (Wildman–Crippen MR) is 98.7 cm³/mol. The third-order valence-electron chi connectivity index (χ3n) is 3.51. The number of carbonyl (C=O) groups is 2. The van der Waals surface area contributed by atoms with Crippen molar-refractivity contribution < 1.29 is 19.2 Å². The molecule has 0 fully saturated rings. The molecule has 9 heteroatoms. The lowest BCUT2D eigenvalue weighted by Gasteiger charge is -2.28. The molecular formula is C16H12IN3O5. The number of benzene rings is 2. The SMILES string of the molecule is O=C(CN1C(=O)COc2ccc([N+](=O)[O-])cc21)Nc1cccc(I)c1. The summed E-state index contributed by atoms with van der Waals surface area (Å²) in [6, 6.07) is 11.2. The quantitative estimate of drug-likeness (QED) is 0.436. The summed E-state index contributed by atoms with van der Waals surface area (Å²) in [6.45, 7) is -0.483. The van der Waals surface area contributed by atoms with Gasteiger partial charge in [-0.25, -0.2) is 0 Å². The highest BCUT2D eigenvalue weighted by Crippen LogP contribution is 2.35. The van der Waals surface area contributed by atoms with Gasteiger partial charge in [-0.3, -0.25) is 24.6 Å². The van der Waals surface area contributed by atoms with E-state index in [-0.39, 0.29) is 24.5 Å². The monoisotopic (exact) mass is 453 g/mol. The van der Waals surface area contributed by atoms with Gasteiger partial charge < -0.3 is 10.1 Å². The number of nitrogens with one attached hydrogen (secondary N) is 1. The maximum atomic E-state index is 12.3. The van der Waals surface area contributed by atoms with Gasteiger partial charge in [0.25, 0.3) is 11.6 Å². The van der Waals surface area contributed by atoms with Gasteiger partial charge in [0.1, 0.15) is 12.3 Å². The van der Waals surface area contributed by atoms with Crippen LogP contribution in [0, 0.1) is 13.7 Å². The lowest BCUT2D eigenvalue weighted by Crippen LogP contribution is -2.43. The maximum Gasteiger partial charge on any atom is 0.271 e. The molecule has 0 aromatic heterocycles. The molecule has 0 bridgehead atoms. The number of nitro benzene ring substituents is 1. The molecule has 1 N–H and O–H groups in total. The Balaban J connectivity index is 1.82. The van der Waals surface area contributed by atoms with Crippen LogP contribution in [0.1, 0.15) is 0 Å². The van der Waals surface area contributed by atoms with Crippen molar-refractivity contribution in [3.63, 3.8) is 0 Å². The van der Waals surface area contributed by atoms with Gasteiger partial charge in [0, 0.05) is 21.4 Å². The van der Waals surface area contributed by atoms with Gasteiger partial charge in [0.05, 0.1) is 10.6 Å². The van der Waals surface area contributed by atoms with Crippen LogP contribution < -0.4 is 15.0 Å². The van der Waals surface area contributed by atoms with E-state index in [0.29, 0.717) is 11.4 Å². The largest absolute Gasteiger partial charge is 0.482 e. The lowest BCUT2D eigenvalue weighted by molar-refractivity contribution is -0.384. The van der Waals surface area contributed by atoms with Gasteiger partial charge in [-0.15, -0.1) is 0 Å². The molecule has 1 heterocycles. The lowest BCUT2D eigenvalue weighted by atomic mass is 10.2. The van der Waals surface area contributed by atoms with E-state index >= 15 is 0 Å². The number of fused-ring (bicyclic) bond motifs is 1. The Labute approximate surface area is 156 Å². The Kier molecular flexibility index (Phi) is 4.83. The van der Waals surface area contributed by atoms with Crippen LogP contribution in [-0.4, -0.2) is 29.9 Å². The Bertz CT molecular complexity index is 871. The third kappa shape index (κ3) is 3.87. The fourth-order valence-electron chi connectivity index (χ4n) is 2.39. The van der Waals surface area contributed by atoms with Crippen LogP contribution in [0.5, 0.6) is 5.75 Å². The third-order valence-corrected chi connectivity index (χ3v) is 4.18. The van der Waals surface area contributed by atoms with E-state index in [9.17, 15) is 19.7 Å². The second kappa shape index (κ2) is 7.05. The Morgan fingerprint density at radius 1 is 1.32 bits per heavy atom. The first-order valence-electron chi connectivity index (χ1n) is 7.21. The minimum absolute atomic E-state index is 0.180. The Morgan fingerprint density at radius 2 is 2.12 bits per heavy atom. The number of anilines is 2. The number of carbonyl (C=O) groups excluding carboxylic acids is 2. The second-order valence-electron chi connectivity index (χ2n) is 5.24. The maximum absolute atomic E-state index is 12.3. The van der Waals surface area contributed by atoms with Gasteiger partial charge in [-0.2, -0.15) is 0 Å². The molecule has 2 aromatic carbocycles. The topological polar surface area (TPSA) is 102 Å². The molecule has 0 spiro atoms. The molecule has 0 unspecified atom stereocenters. The molecule has 2 amide bonds. The molecule has 128 valence electrons. The molecule has 0 radical (unpaired) electrons. The van der Waals surface area contributed by atoms with Crippen LogP contribution in [0.2, 0.25) is 0 Å². The van der Waals surface area contributed by atoms with E-state index in [1.165, 1.54) is 23.1 Å². The molecule has 0 aliphatic carbocycles. The predicted octanol–water partition coefficient (Wildman–Crippen LogP) is 2.56. The average Bonchev–Trinajstić information content (AvgIpc) is 2.57. The van der Waals surface area contributed by atoms with Crippen molar-refractivity contribution >= 4 is 51.5 Å². The van der Waals surface area contributed by atoms with Crippen molar-refractivity contribution in [2.45, 2.75) is 0 Å². The summed E-state index contributed by atoms with van der Waals surface area (Å²) < 4.78 is 6.23. The summed E-state index contributed by atoms with van der Waals surface area (Å²) in [5.74, 6) is -0.521. The summed E-state index contributed by atoms with van der Waals surface area (Å²) in [4.78, 5) is 36.0. The van der Waals surface area contributed by atoms with Gasteiger partial charge >= 0.3 is 0 Å². The number of ether oxygens (including phenoxy) is 1. The average molecular weight is 453 g/mol. The first kappa shape index (κ1) is 17.1. The Morgan fingerprint density at radius 3 is 2.84 bits per heavy atom. The summed E-state index contributed by atoms with van der Waals surface area (Å²) in [6.07, 6.45) is 0. The highest BCUT2D eigenvalue weighted by molar-refractivity contribution is 14.1. The van der Waals surface area contributed by atoms with Gasteiger partial charge in [-0.05, 0) is 46.9 Å².